The molecule has 1 aliphatic heterocycles. The number of halogens is 1. The summed E-state index contributed by atoms with van der Waals surface area (Å²) in [5, 5.41) is 0. The predicted octanol–water partition coefficient (Wildman–Crippen LogP) is 4.79. The summed E-state index contributed by atoms with van der Waals surface area (Å²) in [6.45, 7) is 9.11. The zero-order valence-electron chi connectivity index (χ0n) is 13.1. The van der Waals surface area contributed by atoms with Gasteiger partial charge in [-0.05, 0) is 48.8 Å². The van der Waals surface area contributed by atoms with E-state index in [0.717, 1.165) is 31.7 Å². The van der Waals surface area contributed by atoms with Gasteiger partial charge >= 0.3 is 0 Å². The average Bonchev–Trinajstić information content (AvgIpc) is 2.92. The molecule has 0 spiro atoms. The minimum atomic E-state index is 0.490. The van der Waals surface area contributed by atoms with Crippen LogP contribution in [0.3, 0.4) is 0 Å². The molecule has 2 heterocycles. The van der Waals surface area contributed by atoms with Crippen LogP contribution < -0.4 is 4.90 Å². The van der Waals surface area contributed by atoms with Gasteiger partial charge in [0.25, 0.3) is 0 Å². The lowest BCUT2D eigenvalue weighted by atomic mass is 9.82. The van der Waals surface area contributed by atoms with E-state index < -0.39 is 0 Å². The predicted molar refractivity (Wildman–Crippen MR) is 87.6 cm³/mol. The molecule has 20 heavy (non-hydrogen) atoms. The van der Waals surface area contributed by atoms with Crippen LogP contribution >= 0.6 is 11.6 Å². The van der Waals surface area contributed by atoms with Crippen LogP contribution in [0.2, 0.25) is 0 Å². The number of aromatic nitrogens is 1. The number of pyridine rings is 1. The van der Waals surface area contributed by atoms with E-state index in [2.05, 4.69) is 37.8 Å². The van der Waals surface area contributed by atoms with E-state index >= 15 is 0 Å². The number of hydrogen-bond acceptors (Lipinski definition) is 2. The number of rotatable bonds is 6. The third-order valence-corrected chi connectivity index (χ3v) is 5.16. The summed E-state index contributed by atoms with van der Waals surface area (Å²) < 4.78 is 0. The van der Waals surface area contributed by atoms with E-state index in [4.69, 9.17) is 16.6 Å². The fourth-order valence-corrected chi connectivity index (χ4v) is 3.37. The third-order valence-electron chi connectivity index (χ3n) is 4.85. The largest absolute Gasteiger partial charge is 0.356 e. The molecule has 0 saturated carbocycles. The standard InChI is InChI=1S/C17H27ClN2/c1-4-7-15-10-14(12-18)11-16(19-15)20-9-8-17(5-2,6-3)13-20/h10-11H,4-9,12-13H2,1-3H3. The minimum absolute atomic E-state index is 0.490. The first kappa shape index (κ1) is 15.6. The molecule has 2 nitrogen and oxygen atoms in total. The molecule has 1 aromatic heterocycles. The lowest BCUT2D eigenvalue weighted by molar-refractivity contribution is 0.301. The Hall–Kier alpha value is -0.760. The van der Waals surface area contributed by atoms with E-state index in [1.54, 1.807) is 0 Å². The molecule has 2 rings (SSSR count). The van der Waals surface area contributed by atoms with Crippen LogP contribution in [0.4, 0.5) is 5.82 Å². The molecular formula is C17H27ClN2. The van der Waals surface area contributed by atoms with Crippen molar-refractivity contribution in [2.75, 3.05) is 18.0 Å². The first-order valence-corrected chi connectivity index (χ1v) is 8.50. The van der Waals surface area contributed by atoms with E-state index in [9.17, 15) is 0 Å². The second-order valence-corrected chi connectivity index (χ2v) is 6.35. The topological polar surface area (TPSA) is 16.1 Å². The van der Waals surface area contributed by atoms with Crippen LogP contribution in [0.15, 0.2) is 12.1 Å². The first-order valence-electron chi connectivity index (χ1n) is 7.97. The van der Waals surface area contributed by atoms with Crippen LogP contribution in [0.5, 0.6) is 0 Å². The van der Waals surface area contributed by atoms with E-state index in [0.29, 0.717) is 11.3 Å². The molecule has 1 saturated heterocycles. The summed E-state index contributed by atoms with van der Waals surface area (Å²) in [5.74, 6) is 1.71. The smallest absolute Gasteiger partial charge is 0.129 e. The van der Waals surface area contributed by atoms with Gasteiger partial charge in [-0.25, -0.2) is 4.98 Å². The SMILES string of the molecule is CCCc1cc(CCl)cc(N2CCC(CC)(CC)C2)n1. The summed E-state index contributed by atoms with van der Waals surface area (Å²) >= 11 is 6.04. The summed E-state index contributed by atoms with van der Waals surface area (Å²) in [6.07, 6.45) is 5.98. The molecule has 0 aromatic carbocycles. The monoisotopic (exact) mass is 294 g/mol. The lowest BCUT2D eigenvalue weighted by Crippen LogP contribution is -2.27. The van der Waals surface area contributed by atoms with Crippen molar-refractivity contribution >= 4 is 17.4 Å². The van der Waals surface area contributed by atoms with E-state index in [-0.39, 0.29) is 0 Å². The van der Waals surface area contributed by atoms with Crippen molar-refractivity contribution in [2.45, 2.75) is 58.8 Å². The molecule has 0 bridgehead atoms. The van der Waals surface area contributed by atoms with Gasteiger partial charge in [-0.15, -0.1) is 11.6 Å². The minimum Gasteiger partial charge on any atom is -0.356 e. The van der Waals surface area contributed by atoms with Crippen molar-refractivity contribution in [2.24, 2.45) is 5.41 Å². The summed E-state index contributed by atoms with van der Waals surface area (Å²) in [5.41, 5.74) is 2.88. The van der Waals surface area contributed by atoms with Gasteiger partial charge in [0.2, 0.25) is 0 Å². The second kappa shape index (κ2) is 6.80. The quantitative estimate of drug-likeness (QED) is 0.701. The van der Waals surface area contributed by atoms with Gasteiger partial charge in [0.05, 0.1) is 0 Å². The van der Waals surface area contributed by atoms with Gasteiger partial charge in [-0.2, -0.15) is 0 Å². The Morgan fingerprint density at radius 1 is 1.25 bits per heavy atom. The van der Waals surface area contributed by atoms with Crippen molar-refractivity contribution in [1.29, 1.82) is 0 Å². The Bertz CT molecular complexity index is 441. The molecule has 0 aliphatic carbocycles. The van der Waals surface area contributed by atoms with Crippen LogP contribution in [0.1, 0.15) is 57.7 Å². The maximum atomic E-state index is 6.04. The highest BCUT2D eigenvalue weighted by molar-refractivity contribution is 6.17. The number of aryl methyl sites for hydroxylation is 1. The Balaban J connectivity index is 2.22. The van der Waals surface area contributed by atoms with Gasteiger partial charge in [0, 0.05) is 24.7 Å². The van der Waals surface area contributed by atoms with Crippen molar-refractivity contribution in [1.82, 2.24) is 4.98 Å². The summed E-state index contributed by atoms with van der Waals surface area (Å²) in [7, 11) is 0. The fraction of sp³-hybridized carbons (Fsp3) is 0.706. The van der Waals surface area contributed by atoms with E-state index in [1.165, 1.54) is 30.5 Å². The molecular weight excluding hydrogens is 268 g/mol. The molecule has 0 radical (unpaired) electrons. The zero-order valence-corrected chi connectivity index (χ0v) is 13.8. The van der Waals surface area contributed by atoms with Crippen LogP contribution in [0, 0.1) is 5.41 Å². The zero-order chi connectivity index (χ0) is 14.6. The number of anilines is 1. The first-order chi connectivity index (χ1) is 9.66. The van der Waals surface area contributed by atoms with Gasteiger partial charge in [0.1, 0.15) is 5.82 Å². The molecule has 0 atom stereocenters. The highest BCUT2D eigenvalue weighted by Crippen LogP contribution is 2.38. The molecule has 112 valence electrons. The summed E-state index contributed by atoms with van der Waals surface area (Å²) in [4.78, 5) is 7.32. The maximum Gasteiger partial charge on any atom is 0.129 e. The van der Waals surface area contributed by atoms with Crippen LogP contribution in [-0.4, -0.2) is 18.1 Å². The Morgan fingerprint density at radius 3 is 2.55 bits per heavy atom. The molecule has 0 unspecified atom stereocenters. The highest BCUT2D eigenvalue weighted by Gasteiger charge is 2.35. The van der Waals surface area contributed by atoms with E-state index in [1.807, 2.05) is 0 Å². The summed E-state index contributed by atoms with van der Waals surface area (Å²) in [6, 6.07) is 4.33. The highest BCUT2D eigenvalue weighted by atomic mass is 35.5. The molecule has 0 N–H and O–H groups in total. The Kier molecular flexibility index (Phi) is 5.31. The van der Waals surface area contributed by atoms with Crippen molar-refractivity contribution in [3.8, 4) is 0 Å². The van der Waals surface area contributed by atoms with Gasteiger partial charge in [-0.3, -0.25) is 0 Å². The third kappa shape index (κ3) is 3.28. The maximum absolute atomic E-state index is 6.04. The van der Waals surface area contributed by atoms with Crippen molar-refractivity contribution in [3.63, 3.8) is 0 Å². The molecule has 0 amide bonds. The van der Waals surface area contributed by atoms with Gasteiger partial charge in [-0.1, -0.05) is 27.2 Å². The van der Waals surface area contributed by atoms with Crippen LogP contribution in [-0.2, 0) is 12.3 Å². The fourth-order valence-electron chi connectivity index (χ4n) is 3.21. The Morgan fingerprint density at radius 2 is 2.00 bits per heavy atom. The number of nitrogens with zero attached hydrogens (tertiary/aromatic N) is 2. The molecule has 3 heteroatoms. The van der Waals surface area contributed by atoms with Crippen molar-refractivity contribution in [3.05, 3.63) is 23.4 Å². The van der Waals surface area contributed by atoms with Gasteiger partial charge in [0.15, 0.2) is 0 Å². The van der Waals surface area contributed by atoms with Crippen molar-refractivity contribution < 1.29 is 0 Å². The Labute approximate surface area is 128 Å². The second-order valence-electron chi connectivity index (χ2n) is 6.09. The molecule has 1 fully saturated rings. The van der Waals surface area contributed by atoms with Crippen LogP contribution in [0.25, 0.3) is 0 Å². The lowest BCUT2D eigenvalue weighted by Gasteiger charge is -2.27. The average molecular weight is 295 g/mol. The molecule has 1 aromatic rings. The number of alkyl halides is 1. The molecule has 1 aliphatic rings. The normalized spacial score (nSPS) is 17.7. The number of hydrogen-bond donors (Lipinski definition) is 0. The van der Waals surface area contributed by atoms with Gasteiger partial charge < -0.3 is 4.90 Å².